The van der Waals surface area contributed by atoms with Gasteiger partial charge in [-0.15, -0.1) is 11.8 Å². The van der Waals surface area contributed by atoms with E-state index in [-0.39, 0.29) is 10.8 Å². The Bertz CT molecular complexity index is 454. The van der Waals surface area contributed by atoms with Crippen molar-refractivity contribution in [2.75, 3.05) is 17.3 Å². The van der Waals surface area contributed by atoms with Gasteiger partial charge < -0.3 is 10.1 Å². The summed E-state index contributed by atoms with van der Waals surface area (Å²) < 4.78 is 0. The minimum Gasteiger partial charge on any atom is -0.477 e. The van der Waals surface area contributed by atoms with Crippen molar-refractivity contribution in [3.8, 4) is 0 Å². The summed E-state index contributed by atoms with van der Waals surface area (Å²) in [6.07, 6.45) is 1.14. The summed E-state index contributed by atoms with van der Waals surface area (Å²) in [5.74, 6) is 2.37. The van der Waals surface area contributed by atoms with Gasteiger partial charge in [-0.25, -0.2) is 9.78 Å². The van der Waals surface area contributed by atoms with Gasteiger partial charge in [0, 0.05) is 23.5 Å². The van der Waals surface area contributed by atoms with Crippen molar-refractivity contribution in [2.45, 2.75) is 5.25 Å². The molecule has 1 fully saturated rings. The fourth-order valence-corrected chi connectivity index (χ4v) is 4.00. The minimum absolute atomic E-state index is 0.161. The number of H-pyrrole nitrogens is 1. The molecule has 1 unspecified atom stereocenters. The molecule has 0 amide bonds. The van der Waals surface area contributed by atoms with E-state index in [0.29, 0.717) is 5.82 Å². The lowest BCUT2D eigenvalue weighted by atomic mass is 10.3. The van der Waals surface area contributed by atoms with Gasteiger partial charge in [-0.1, -0.05) is 0 Å². The van der Waals surface area contributed by atoms with Crippen LogP contribution in [0.15, 0.2) is 11.0 Å². The number of nitrogens with one attached hydrogen (secondary N) is 1. The normalized spacial score (nSPS) is 20.6. The first-order chi connectivity index (χ1) is 7.68. The standard InChI is InChI=1S/C9H10N2O3S2/c12-8-5(9(13)14)3-10-7(11-8)6-4-15-1-2-16-6/h3,6H,1-2,4H2,(H,13,14)(H,10,11,12). The molecule has 1 saturated heterocycles. The number of hydrogen-bond acceptors (Lipinski definition) is 5. The molecule has 2 N–H and O–H groups in total. The third kappa shape index (κ3) is 2.41. The van der Waals surface area contributed by atoms with Crippen LogP contribution in [-0.2, 0) is 0 Å². The topological polar surface area (TPSA) is 83.0 Å². The summed E-state index contributed by atoms with van der Waals surface area (Å²) in [6.45, 7) is 0. The third-order valence-electron chi connectivity index (χ3n) is 2.17. The first-order valence-electron chi connectivity index (χ1n) is 4.70. The Labute approximate surface area is 100 Å². The Balaban J connectivity index is 2.26. The highest BCUT2D eigenvalue weighted by molar-refractivity contribution is 8.06. The van der Waals surface area contributed by atoms with E-state index in [4.69, 9.17) is 5.11 Å². The van der Waals surface area contributed by atoms with Crippen molar-refractivity contribution in [3.05, 3.63) is 27.9 Å². The van der Waals surface area contributed by atoms with Crippen LogP contribution in [-0.4, -0.2) is 38.3 Å². The van der Waals surface area contributed by atoms with Crippen LogP contribution in [0.3, 0.4) is 0 Å². The number of rotatable bonds is 2. The molecule has 5 nitrogen and oxygen atoms in total. The van der Waals surface area contributed by atoms with Crippen LogP contribution in [0, 0.1) is 0 Å². The number of thioether (sulfide) groups is 2. The quantitative estimate of drug-likeness (QED) is 0.823. The zero-order valence-electron chi connectivity index (χ0n) is 8.30. The number of hydrogen-bond donors (Lipinski definition) is 2. The van der Waals surface area contributed by atoms with Gasteiger partial charge in [-0.2, -0.15) is 11.8 Å². The summed E-state index contributed by atoms with van der Waals surface area (Å²) in [4.78, 5) is 28.6. The van der Waals surface area contributed by atoms with E-state index < -0.39 is 11.5 Å². The van der Waals surface area contributed by atoms with Crippen LogP contribution in [0.5, 0.6) is 0 Å². The molecule has 16 heavy (non-hydrogen) atoms. The average Bonchev–Trinajstić information content (AvgIpc) is 2.29. The Morgan fingerprint density at radius 2 is 2.38 bits per heavy atom. The number of nitrogens with zero attached hydrogens (tertiary/aromatic N) is 1. The van der Waals surface area contributed by atoms with Crippen molar-refractivity contribution < 1.29 is 9.90 Å². The zero-order valence-corrected chi connectivity index (χ0v) is 9.94. The van der Waals surface area contributed by atoms with E-state index in [1.165, 1.54) is 0 Å². The maximum atomic E-state index is 11.4. The van der Waals surface area contributed by atoms with Gasteiger partial charge in [0.2, 0.25) is 0 Å². The molecule has 2 rings (SSSR count). The van der Waals surface area contributed by atoms with Gasteiger partial charge in [-0.3, -0.25) is 4.79 Å². The maximum absolute atomic E-state index is 11.4. The molecule has 0 saturated carbocycles. The molecule has 0 radical (unpaired) electrons. The number of carboxylic acid groups (broad SMARTS) is 1. The molecule has 7 heteroatoms. The number of carboxylic acids is 1. The summed E-state index contributed by atoms with van der Waals surface area (Å²) in [5, 5.41) is 8.86. The van der Waals surface area contributed by atoms with Crippen LogP contribution in [0.1, 0.15) is 21.4 Å². The molecule has 2 heterocycles. The molecule has 86 valence electrons. The number of carbonyl (C=O) groups is 1. The predicted molar refractivity (Wildman–Crippen MR) is 64.3 cm³/mol. The Morgan fingerprint density at radius 1 is 1.56 bits per heavy atom. The van der Waals surface area contributed by atoms with Gasteiger partial charge in [-0.05, 0) is 0 Å². The zero-order chi connectivity index (χ0) is 11.5. The molecule has 0 aliphatic carbocycles. The van der Waals surface area contributed by atoms with Crippen LogP contribution in [0.4, 0.5) is 0 Å². The van der Waals surface area contributed by atoms with Crippen molar-refractivity contribution in [1.82, 2.24) is 9.97 Å². The molecule has 1 aliphatic heterocycles. The fraction of sp³-hybridized carbons (Fsp3) is 0.444. The predicted octanol–water partition coefficient (Wildman–Crippen LogP) is 0.989. The summed E-state index contributed by atoms with van der Waals surface area (Å²) in [5.41, 5.74) is -0.883. The lowest BCUT2D eigenvalue weighted by Crippen LogP contribution is -2.22. The largest absolute Gasteiger partial charge is 0.477 e. The van der Waals surface area contributed by atoms with Crippen molar-refractivity contribution in [1.29, 1.82) is 0 Å². The molecule has 0 bridgehead atoms. The maximum Gasteiger partial charge on any atom is 0.342 e. The molecule has 1 aromatic heterocycles. The van der Waals surface area contributed by atoms with E-state index >= 15 is 0 Å². The molecule has 1 aliphatic rings. The van der Waals surface area contributed by atoms with Gasteiger partial charge in [0.25, 0.3) is 5.56 Å². The van der Waals surface area contributed by atoms with Crippen LogP contribution in [0.25, 0.3) is 0 Å². The Hall–Kier alpha value is -0.950. The monoisotopic (exact) mass is 258 g/mol. The number of aromatic nitrogens is 2. The second-order valence-electron chi connectivity index (χ2n) is 3.25. The van der Waals surface area contributed by atoms with E-state index in [1.54, 1.807) is 11.8 Å². The summed E-state index contributed by atoms with van der Waals surface area (Å²) in [6, 6.07) is 0. The third-order valence-corrected chi connectivity index (χ3v) is 4.93. The second-order valence-corrected chi connectivity index (χ2v) is 5.71. The van der Waals surface area contributed by atoms with Gasteiger partial charge >= 0.3 is 5.97 Å². The molecular formula is C9H10N2O3S2. The smallest absolute Gasteiger partial charge is 0.342 e. The van der Waals surface area contributed by atoms with E-state index in [2.05, 4.69) is 9.97 Å². The first kappa shape index (κ1) is 11.5. The van der Waals surface area contributed by atoms with Crippen molar-refractivity contribution in [3.63, 3.8) is 0 Å². The van der Waals surface area contributed by atoms with E-state index in [1.807, 2.05) is 11.8 Å². The highest BCUT2D eigenvalue weighted by Crippen LogP contribution is 2.34. The van der Waals surface area contributed by atoms with Crippen molar-refractivity contribution >= 4 is 29.5 Å². The SMILES string of the molecule is O=C(O)c1cnc(C2CSCCS2)[nH]c1=O. The number of aromatic amines is 1. The molecule has 1 aromatic rings. The van der Waals surface area contributed by atoms with Crippen molar-refractivity contribution in [2.24, 2.45) is 0 Å². The van der Waals surface area contributed by atoms with Crippen LogP contribution < -0.4 is 5.56 Å². The molecule has 0 spiro atoms. The Morgan fingerprint density at radius 3 is 2.94 bits per heavy atom. The van der Waals surface area contributed by atoms with Crippen LogP contribution >= 0.6 is 23.5 Å². The van der Waals surface area contributed by atoms with Gasteiger partial charge in [0.15, 0.2) is 0 Å². The molecule has 0 aromatic carbocycles. The van der Waals surface area contributed by atoms with Gasteiger partial charge in [0.05, 0.1) is 5.25 Å². The number of aromatic carboxylic acids is 1. The molecular weight excluding hydrogens is 248 g/mol. The second kappa shape index (κ2) is 4.92. The summed E-state index contributed by atoms with van der Waals surface area (Å²) >= 11 is 3.55. The highest BCUT2D eigenvalue weighted by atomic mass is 32.2. The summed E-state index contributed by atoms with van der Waals surface area (Å²) in [7, 11) is 0. The average molecular weight is 258 g/mol. The van der Waals surface area contributed by atoms with E-state index in [0.717, 1.165) is 23.5 Å². The van der Waals surface area contributed by atoms with E-state index in [9.17, 15) is 9.59 Å². The molecule has 1 atom stereocenters. The fourth-order valence-electron chi connectivity index (χ4n) is 1.37. The Kier molecular flexibility index (Phi) is 3.55. The lowest BCUT2D eigenvalue weighted by molar-refractivity contribution is 0.0694. The van der Waals surface area contributed by atoms with Crippen LogP contribution in [0.2, 0.25) is 0 Å². The minimum atomic E-state index is -1.24. The first-order valence-corrected chi connectivity index (χ1v) is 6.90. The lowest BCUT2D eigenvalue weighted by Gasteiger charge is -2.19. The highest BCUT2D eigenvalue weighted by Gasteiger charge is 2.20. The van der Waals surface area contributed by atoms with Gasteiger partial charge in [0.1, 0.15) is 11.4 Å².